The maximum atomic E-state index is 10.5. The summed E-state index contributed by atoms with van der Waals surface area (Å²) >= 11 is 0. The van der Waals surface area contributed by atoms with E-state index in [-0.39, 0.29) is 5.78 Å². The Hall–Kier alpha value is -1.14. The monoisotopic (exact) mass is 196 g/mol. The first kappa shape index (κ1) is 15.3. The smallest absolute Gasteiger partial charge is 0.152 e. The third-order valence-electron chi connectivity index (χ3n) is 1.37. The zero-order valence-electron chi connectivity index (χ0n) is 9.58. The molecule has 0 amide bonds. The first-order valence-electron chi connectivity index (χ1n) is 4.89. The SMILES string of the molecule is CC.CC(=O)/C=C/CN(C)CCC#N. The van der Waals surface area contributed by atoms with Crippen LogP contribution in [0.2, 0.25) is 0 Å². The van der Waals surface area contributed by atoms with Crippen LogP contribution in [0, 0.1) is 11.3 Å². The number of hydrogen-bond donors (Lipinski definition) is 0. The Bertz CT molecular complexity index is 204. The van der Waals surface area contributed by atoms with Gasteiger partial charge in [0, 0.05) is 19.5 Å². The van der Waals surface area contributed by atoms with Gasteiger partial charge < -0.3 is 4.90 Å². The van der Waals surface area contributed by atoms with E-state index in [1.807, 2.05) is 25.8 Å². The third-order valence-corrected chi connectivity index (χ3v) is 1.37. The Morgan fingerprint density at radius 2 is 2.07 bits per heavy atom. The van der Waals surface area contributed by atoms with Crippen LogP contribution in [0.3, 0.4) is 0 Å². The second kappa shape index (κ2) is 11.9. The molecule has 0 aliphatic carbocycles. The number of carbonyl (C=O) groups is 1. The van der Waals surface area contributed by atoms with Gasteiger partial charge in [-0.1, -0.05) is 19.9 Å². The molecule has 0 radical (unpaired) electrons. The van der Waals surface area contributed by atoms with Crippen molar-refractivity contribution >= 4 is 5.78 Å². The first-order chi connectivity index (χ1) is 6.66. The molecule has 3 heteroatoms. The van der Waals surface area contributed by atoms with E-state index in [0.29, 0.717) is 6.42 Å². The summed E-state index contributed by atoms with van der Waals surface area (Å²) in [5.41, 5.74) is 0. The maximum Gasteiger partial charge on any atom is 0.152 e. The standard InChI is InChI=1S/C9H14N2O.C2H6/c1-9(12)5-3-7-11(2)8-4-6-10;1-2/h3,5H,4,7-8H2,1-2H3;1-2H3/b5-3+;. The fourth-order valence-corrected chi connectivity index (χ4v) is 0.731. The van der Waals surface area contributed by atoms with Crippen LogP contribution in [-0.2, 0) is 4.79 Å². The van der Waals surface area contributed by atoms with Crippen LogP contribution in [0.4, 0.5) is 0 Å². The van der Waals surface area contributed by atoms with Crippen LogP contribution in [0.25, 0.3) is 0 Å². The third kappa shape index (κ3) is 13.4. The van der Waals surface area contributed by atoms with Crippen molar-refractivity contribution in [3.63, 3.8) is 0 Å². The van der Waals surface area contributed by atoms with Crippen molar-refractivity contribution < 1.29 is 4.79 Å². The zero-order chi connectivity index (χ0) is 11.4. The van der Waals surface area contributed by atoms with Gasteiger partial charge in [0.25, 0.3) is 0 Å². The van der Waals surface area contributed by atoms with Crippen LogP contribution >= 0.6 is 0 Å². The molecule has 0 bridgehead atoms. The van der Waals surface area contributed by atoms with E-state index < -0.39 is 0 Å². The summed E-state index contributed by atoms with van der Waals surface area (Å²) in [5.74, 6) is 0.0590. The highest BCUT2D eigenvalue weighted by Gasteiger charge is 1.93. The molecule has 0 atom stereocenters. The Balaban J connectivity index is 0. The molecule has 0 saturated carbocycles. The molecule has 0 fully saturated rings. The lowest BCUT2D eigenvalue weighted by atomic mass is 10.3. The van der Waals surface area contributed by atoms with Gasteiger partial charge >= 0.3 is 0 Å². The van der Waals surface area contributed by atoms with Gasteiger partial charge in [-0.25, -0.2) is 0 Å². The summed E-state index contributed by atoms with van der Waals surface area (Å²) in [6.45, 7) is 6.99. The summed E-state index contributed by atoms with van der Waals surface area (Å²) in [6, 6.07) is 2.07. The zero-order valence-corrected chi connectivity index (χ0v) is 9.58. The molecule has 80 valence electrons. The van der Waals surface area contributed by atoms with Gasteiger partial charge in [-0.3, -0.25) is 4.79 Å². The van der Waals surface area contributed by atoms with Gasteiger partial charge in [0.1, 0.15) is 0 Å². The molecule has 0 N–H and O–H groups in total. The summed E-state index contributed by atoms with van der Waals surface area (Å²) < 4.78 is 0. The summed E-state index contributed by atoms with van der Waals surface area (Å²) in [5, 5.41) is 8.28. The van der Waals surface area contributed by atoms with Gasteiger partial charge in [-0.05, 0) is 20.0 Å². The van der Waals surface area contributed by atoms with E-state index in [1.165, 1.54) is 6.92 Å². The second-order valence-corrected chi connectivity index (χ2v) is 2.68. The highest BCUT2D eigenvalue weighted by molar-refractivity contribution is 5.87. The van der Waals surface area contributed by atoms with Crippen molar-refractivity contribution in [3.8, 4) is 6.07 Å². The van der Waals surface area contributed by atoms with Crippen molar-refractivity contribution in [1.29, 1.82) is 5.26 Å². The minimum Gasteiger partial charge on any atom is -0.302 e. The summed E-state index contributed by atoms with van der Waals surface area (Å²) in [7, 11) is 1.92. The molecular formula is C11H20N2O. The molecular weight excluding hydrogens is 176 g/mol. The van der Waals surface area contributed by atoms with E-state index in [9.17, 15) is 4.79 Å². The highest BCUT2D eigenvalue weighted by atomic mass is 16.1. The maximum absolute atomic E-state index is 10.5. The number of likely N-dealkylation sites (N-methyl/N-ethyl adjacent to an activating group) is 1. The lowest BCUT2D eigenvalue weighted by Crippen LogP contribution is -2.19. The predicted molar refractivity (Wildman–Crippen MR) is 58.9 cm³/mol. The van der Waals surface area contributed by atoms with Crippen molar-refractivity contribution in [2.75, 3.05) is 20.1 Å². The van der Waals surface area contributed by atoms with E-state index in [2.05, 4.69) is 6.07 Å². The highest BCUT2D eigenvalue weighted by Crippen LogP contribution is 1.86. The topological polar surface area (TPSA) is 44.1 Å². The Labute approximate surface area is 87.0 Å². The molecule has 0 saturated heterocycles. The molecule has 0 aliphatic heterocycles. The van der Waals surface area contributed by atoms with Gasteiger partial charge in [0.05, 0.1) is 6.07 Å². The molecule has 0 aliphatic rings. The number of nitrogens with zero attached hydrogens (tertiary/aromatic N) is 2. The average molecular weight is 196 g/mol. The van der Waals surface area contributed by atoms with Gasteiger partial charge in [-0.15, -0.1) is 0 Å². The van der Waals surface area contributed by atoms with Crippen molar-refractivity contribution in [2.45, 2.75) is 27.2 Å². The molecule has 0 unspecified atom stereocenters. The normalized spacial score (nSPS) is 9.43. The van der Waals surface area contributed by atoms with Crippen LogP contribution in [-0.4, -0.2) is 30.8 Å². The molecule has 0 aromatic carbocycles. The molecule has 0 aromatic heterocycles. The fraction of sp³-hybridized carbons (Fsp3) is 0.636. The minimum absolute atomic E-state index is 0.0590. The van der Waals surface area contributed by atoms with Crippen molar-refractivity contribution in [1.82, 2.24) is 4.90 Å². The first-order valence-corrected chi connectivity index (χ1v) is 4.89. The largest absolute Gasteiger partial charge is 0.302 e. The summed E-state index contributed by atoms with van der Waals surface area (Å²) in [4.78, 5) is 12.5. The lowest BCUT2D eigenvalue weighted by Gasteiger charge is -2.10. The molecule has 0 heterocycles. The Morgan fingerprint density at radius 3 is 2.50 bits per heavy atom. The van der Waals surface area contributed by atoms with E-state index in [4.69, 9.17) is 5.26 Å². The lowest BCUT2D eigenvalue weighted by molar-refractivity contribution is -0.112. The number of carbonyl (C=O) groups excluding carboxylic acids is 1. The molecule has 0 rings (SSSR count). The number of nitriles is 1. The van der Waals surface area contributed by atoms with Crippen molar-refractivity contribution in [3.05, 3.63) is 12.2 Å². The van der Waals surface area contributed by atoms with Crippen LogP contribution in [0.5, 0.6) is 0 Å². The number of rotatable bonds is 5. The van der Waals surface area contributed by atoms with E-state index >= 15 is 0 Å². The second-order valence-electron chi connectivity index (χ2n) is 2.68. The molecule has 14 heavy (non-hydrogen) atoms. The number of hydrogen-bond acceptors (Lipinski definition) is 3. The molecule has 3 nitrogen and oxygen atoms in total. The Kier molecular flexibility index (Phi) is 13.0. The van der Waals surface area contributed by atoms with Gasteiger partial charge in [-0.2, -0.15) is 5.26 Å². The number of allylic oxidation sites excluding steroid dienone is 1. The number of ketones is 1. The predicted octanol–water partition coefficient (Wildman–Crippen LogP) is 2.00. The quantitative estimate of drug-likeness (QED) is 0.632. The molecule has 0 aromatic rings. The van der Waals surface area contributed by atoms with Crippen LogP contribution in [0.1, 0.15) is 27.2 Å². The average Bonchev–Trinajstić information content (AvgIpc) is 2.17. The molecule has 0 spiro atoms. The fourth-order valence-electron chi connectivity index (χ4n) is 0.731. The van der Waals surface area contributed by atoms with Crippen LogP contribution < -0.4 is 0 Å². The summed E-state index contributed by atoms with van der Waals surface area (Å²) in [6.07, 6.45) is 3.88. The van der Waals surface area contributed by atoms with E-state index in [0.717, 1.165) is 13.1 Å². The Morgan fingerprint density at radius 1 is 1.50 bits per heavy atom. The van der Waals surface area contributed by atoms with Gasteiger partial charge in [0.15, 0.2) is 5.78 Å². The van der Waals surface area contributed by atoms with Crippen molar-refractivity contribution in [2.24, 2.45) is 0 Å². The van der Waals surface area contributed by atoms with Crippen LogP contribution in [0.15, 0.2) is 12.2 Å². The minimum atomic E-state index is 0.0590. The van der Waals surface area contributed by atoms with E-state index in [1.54, 1.807) is 12.2 Å². The van der Waals surface area contributed by atoms with Gasteiger partial charge in [0.2, 0.25) is 0 Å².